The molecular formula is C15H19NO5. The summed E-state index contributed by atoms with van der Waals surface area (Å²) < 4.78 is 9.88. The number of ether oxygens (including phenoxy) is 2. The third-order valence-corrected chi connectivity index (χ3v) is 2.49. The molecule has 114 valence electrons. The van der Waals surface area contributed by atoms with E-state index < -0.39 is 11.9 Å². The van der Waals surface area contributed by atoms with E-state index in [-0.39, 0.29) is 30.4 Å². The van der Waals surface area contributed by atoms with Gasteiger partial charge in [0.1, 0.15) is 12.4 Å². The molecule has 6 nitrogen and oxygen atoms in total. The fourth-order valence-corrected chi connectivity index (χ4v) is 1.60. The molecule has 0 bridgehead atoms. The quantitative estimate of drug-likeness (QED) is 0.470. The Labute approximate surface area is 123 Å². The summed E-state index contributed by atoms with van der Waals surface area (Å²) in [6.45, 7) is 3.46. The minimum absolute atomic E-state index is 0.111. The lowest BCUT2D eigenvalue weighted by atomic mass is 10.2. The molecule has 0 radical (unpaired) electrons. The van der Waals surface area contributed by atoms with Gasteiger partial charge in [-0.15, -0.1) is 0 Å². The number of carbonyl (C=O) groups is 3. The molecule has 0 heterocycles. The molecule has 0 spiro atoms. The Balaban J connectivity index is 2.49. The van der Waals surface area contributed by atoms with Crippen LogP contribution in [0, 0.1) is 0 Å². The molecular weight excluding hydrogens is 274 g/mol. The van der Waals surface area contributed by atoms with Gasteiger partial charge in [-0.1, -0.05) is 19.1 Å². The largest absolute Gasteiger partial charge is 0.464 e. The molecule has 1 amide bonds. The van der Waals surface area contributed by atoms with Crippen LogP contribution in [0.1, 0.15) is 37.0 Å². The van der Waals surface area contributed by atoms with Gasteiger partial charge in [-0.25, -0.2) is 0 Å². The Morgan fingerprint density at radius 3 is 2.57 bits per heavy atom. The Bertz CT molecular complexity index is 513. The molecule has 0 fully saturated rings. The van der Waals surface area contributed by atoms with Crippen LogP contribution >= 0.6 is 0 Å². The second-order valence-electron chi connectivity index (χ2n) is 4.32. The average Bonchev–Trinajstić information content (AvgIpc) is 2.43. The van der Waals surface area contributed by atoms with Gasteiger partial charge in [0.25, 0.3) is 5.91 Å². The predicted octanol–water partition coefficient (Wildman–Crippen LogP) is 1.68. The predicted molar refractivity (Wildman–Crippen MR) is 76.0 cm³/mol. The normalized spacial score (nSPS) is 9.81. The van der Waals surface area contributed by atoms with E-state index in [4.69, 9.17) is 9.47 Å². The van der Waals surface area contributed by atoms with Crippen molar-refractivity contribution in [3.8, 4) is 5.75 Å². The van der Waals surface area contributed by atoms with E-state index >= 15 is 0 Å². The number of amides is 1. The SMILES string of the molecule is CCCC(=O)OCCNC(=O)c1ccccc1OC(C)=O. The number of hydrogen-bond acceptors (Lipinski definition) is 5. The van der Waals surface area contributed by atoms with Gasteiger partial charge < -0.3 is 14.8 Å². The van der Waals surface area contributed by atoms with Crippen molar-refractivity contribution in [1.82, 2.24) is 5.32 Å². The molecule has 0 aliphatic heterocycles. The zero-order valence-electron chi connectivity index (χ0n) is 12.2. The van der Waals surface area contributed by atoms with Crippen molar-refractivity contribution in [3.05, 3.63) is 29.8 Å². The van der Waals surface area contributed by atoms with Crippen LogP contribution in [0.3, 0.4) is 0 Å². The van der Waals surface area contributed by atoms with Crippen LogP contribution in [0.25, 0.3) is 0 Å². The second kappa shape index (κ2) is 8.73. The monoisotopic (exact) mass is 293 g/mol. The highest BCUT2D eigenvalue weighted by Crippen LogP contribution is 2.17. The minimum atomic E-state index is -0.497. The number of hydrogen-bond donors (Lipinski definition) is 1. The van der Waals surface area contributed by atoms with Crippen LogP contribution < -0.4 is 10.1 Å². The van der Waals surface area contributed by atoms with E-state index in [1.165, 1.54) is 13.0 Å². The molecule has 1 aromatic carbocycles. The second-order valence-corrected chi connectivity index (χ2v) is 4.32. The summed E-state index contributed by atoms with van der Waals surface area (Å²) >= 11 is 0. The first kappa shape index (κ1) is 16.7. The molecule has 0 saturated carbocycles. The van der Waals surface area contributed by atoms with Crippen LogP contribution in [0.2, 0.25) is 0 Å². The first-order valence-corrected chi connectivity index (χ1v) is 6.75. The molecule has 1 N–H and O–H groups in total. The van der Waals surface area contributed by atoms with Gasteiger partial charge in [0.2, 0.25) is 0 Å². The third-order valence-electron chi connectivity index (χ3n) is 2.49. The van der Waals surface area contributed by atoms with Crippen molar-refractivity contribution in [1.29, 1.82) is 0 Å². The molecule has 0 aromatic heterocycles. The maximum absolute atomic E-state index is 12.0. The lowest BCUT2D eigenvalue weighted by Gasteiger charge is -2.09. The fourth-order valence-electron chi connectivity index (χ4n) is 1.60. The highest BCUT2D eigenvalue weighted by Gasteiger charge is 2.13. The molecule has 0 aliphatic carbocycles. The first-order valence-electron chi connectivity index (χ1n) is 6.75. The molecule has 0 atom stereocenters. The standard InChI is InChI=1S/C15H19NO5/c1-3-6-14(18)20-10-9-16-15(19)12-7-4-5-8-13(12)21-11(2)17/h4-5,7-8H,3,6,9-10H2,1-2H3,(H,16,19). The molecule has 21 heavy (non-hydrogen) atoms. The lowest BCUT2D eigenvalue weighted by molar-refractivity contribution is -0.143. The summed E-state index contributed by atoms with van der Waals surface area (Å²) in [5.74, 6) is -0.973. The first-order chi connectivity index (χ1) is 10.0. The van der Waals surface area contributed by atoms with Crippen molar-refractivity contribution < 1.29 is 23.9 Å². The number of carbonyl (C=O) groups excluding carboxylic acids is 3. The summed E-state index contributed by atoms with van der Waals surface area (Å²) in [7, 11) is 0. The van der Waals surface area contributed by atoms with E-state index in [0.29, 0.717) is 6.42 Å². The Morgan fingerprint density at radius 1 is 1.19 bits per heavy atom. The van der Waals surface area contributed by atoms with Crippen LogP contribution in [0.4, 0.5) is 0 Å². The smallest absolute Gasteiger partial charge is 0.308 e. The zero-order chi connectivity index (χ0) is 15.7. The zero-order valence-corrected chi connectivity index (χ0v) is 12.2. The highest BCUT2D eigenvalue weighted by molar-refractivity contribution is 5.97. The number of para-hydroxylation sites is 1. The minimum Gasteiger partial charge on any atom is -0.464 e. The maximum Gasteiger partial charge on any atom is 0.308 e. The number of benzene rings is 1. The van der Waals surface area contributed by atoms with E-state index in [2.05, 4.69) is 5.32 Å². The topological polar surface area (TPSA) is 81.7 Å². The van der Waals surface area contributed by atoms with Gasteiger partial charge in [0.05, 0.1) is 12.1 Å². The van der Waals surface area contributed by atoms with Crippen molar-refractivity contribution >= 4 is 17.8 Å². The van der Waals surface area contributed by atoms with Crippen molar-refractivity contribution in [2.24, 2.45) is 0 Å². The summed E-state index contributed by atoms with van der Waals surface area (Å²) in [4.78, 5) is 34.1. The van der Waals surface area contributed by atoms with Gasteiger partial charge in [-0.05, 0) is 18.6 Å². The van der Waals surface area contributed by atoms with Crippen molar-refractivity contribution in [2.75, 3.05) is 13.2 Å². The van der Waals surface area contributed by atoms with Gasteiger partial charge in [0.15, 0.2) is 0 Å². The van der Waals surface area contributed by atoms with Crippen LogP contribution in [-0.2, 0) is 14.3 Å². The van der Waals surface area contributed by atoms with E-state index in [1.807, 2.05) is 6.92 Å². The Hall–Kier alpha value is -2.37. The van der Waals surface area contributed by atoms with Gasteiger partial charge in [-0.2, -0.15) is 0 Å². The van der Waals surface area contributed by atoms with Crippen LogP contribution in [0.5, 0.6) is 5.75 Å². The third kappa shape index (κ3) is 6.07. The highest BCUT2D eigenvalue weighted by atomic mass is 16.5. The van der Waals surface area contributed by atoms with E-state index in [1.54, 1.807) is 18.2 Å². The van der Waals surface area contributed by atoms with Gasteiger partial charge in [-0.3, -0.25) is 14.4 Å². The van der Waals surface area contributed by atoms with E-state index in [0.717, 1.165) is 6.42 Å². The molecule has 1 aromatic rings. The molecule has 0 saturated heterocycles. The number of rotatable bonds is 7. The van der Waals surface area contributed by atoms with Crippen molar-refractivity contribution in [3.63, 3.8) is 0 Å². The molecule has 0 aliphatic rings. The Kier molecular flexibility index (Phi) is 6.94. The lowest BCUT2D eigenvalue weighted by Crippen LogP contribution is -2.28. The molecule has 0 unspecified atom stereocenters. The summed E-state index contributed by atoms with van der Waals surface area (Å²) in [6.07, 6.45) is 1.09. The number of esters is 2. The summed E-state index contributed by atoms with van der Waals surface area (Å²) in [6, 6.07) is 6.43. The van der Waals surface area contributed by atoms with Gasteiger partial charge >= 0.3 is 11.9 Å². The van der Waals surface area contributed by atoms with Crippen LogP contribution in [-0.4, -0.2) is 31.0 Å². The maximum atomic E-state index is 12.0. The average molecular weight is 293 g/mol. The molecule has 1 rings (SSSR count). The molecule has 6 heteroatoms. The van der Waals surface area contributed by atoms with Crippen LogP contribution in [0.15, 0.2) is 24.3 Å². The summed E-state index contributed by atoms with van der Waals surface area (Å²) in [5, 5.41) is 2.60. The van der Waals surface area contributed by atoms with Gasteiger partial charge in [0, 0.05) is 13.3 Å². The fraction of sp³-hybridized carbons (Fsp3) is 0.400. The van der Waals surface area contributed by atoms with E-state index in [9.17, 15) is 14.4 Å². The van der Waals surface area contributed by atoms with Crippen molar-refractivity contribution in [2.45, 2.75) is 26.7 Å². The Morgan fingerprint density at radius 2 is 1.90 bits per heavy atom. The summed E-state index contributed by atoms with van der Waals surface area (Å²) in [5.41, 5.74) is 0.257. The number of nitrogens with one attached hydrogen (secondary N) is 1.